The lowest BCUT2D eigenvalue weighted by atomic mass is 9.92. The fourth-order valence-corrected chi connectivity index (χ4v) is 3.92. The van der Waals surface area contributed by atoms with E-state index in [1.165, 1.54) is 19.3 Å². The van der Waals surface area contributed by atoms with Crippen LogP contribution in [-0.4, -0.2) is 40.9 Å². The summed E-state index contributed by atoms with van der Waals surface area (Å²) in [6.07, 6.45) is 6.62. The molecule has 0 N–H and O–H groups in total. The summed E-state index contributed by atoms with van der Waals surface area (Å²) in [4.78, 5) is 14.9. The molecular formula is C13H22BrNO2. The van der Waals surface area contributed by atoms with Crippen LogP contribution in [0.1, 0.15) is 45.4 Å². The third-order valence-corrected chi connectivity index (χ3v) is 5.20. The molecule has 3 unspecified atom stereocenters. The van der Waals surface area contributed by atoms with E-state index in [0.717, 1.165) is 25.9 Å². The first-order chi connectivity index (χ1) is 8.04. The second kappa shape index (κ2) is 5.27. The smallest absolute Gasteiger partial charge is 0.254 e. The van der Waals surface area contributed by atoms with Crippen molar-refractivity contribution in [2.75, 3.05) is 13.7 Å². The molecule has 0 aromatic heterocycles. The highest BCUT2D eigenvalue weighted by Gasteiger charge is 2.42. The van der Waals surface area contributed by atoms with Gasteiger partial charge in [0.1, 0.15) is 5.60 Å². The maximum atomic E-state index is 12.5. The van der Waals surface area contributed by atoms with E-state index in [2.05, 4.69) is 15.9 Å². The van der Waals surface area contributed by atoms with Gasteiger partial charge >= 0.3 is 0 Å². The summed E-state index contributed by atoms with van der Waals surface area (Å²) in [5.41, 5.74) is -0.571. The number of carbonyl (C=O) groups excluding carboxylic acids is 1. The molecule has 2 rings (SSSR count). The SMILES string of the molecule is CN(C(=O)C1(C)CCCO1)C1CCCCC1Br. The normalized spacial score (nSPS) is 38.1. The van der Waals surface area contributed by atoms with Gasteiger partial charge in [-0.2, -0.15) is 0 Å². The number of alkyl halides is 1. The van der Waals surface area contributed by atoms with Gasteiger partial charge in [0.2, 0.25) is 0 Å². The molecule has 1 amide bonds. The lowest BCUT2D eigenvalue weighted by molar-refractivity contribution is -0.152. The molecule has 4 heteroatoms. The summed E-state index contributed by atoms with van der Waals surface area (Å²) >= 11 is 3.72. The number of hydrogen-bond acceptors (Lipinski definition) is 2. The highest BCUT2D eigenvalue weighted by atomic mass is 79.9. The van der Waals surface area contributed by atoms with Gasteiger partial charge in [-0.1, -0.05) is 28.8 Å². The molecule has 0 radical (unpaired) electrons. The first-order valence-corrected chi connectivity index (χ1v) is 7.51. The zero-order valence-corrected chi connectivity index (χ0v) is 12.3. The summed E-state index contributed by atoms with van der Waals surface area (Å²) in [5.74, 6) is 0.159. The van der Waals surface area contributed by atoms with Crippen LogP contribution in [-0.2, 0) is 9.53 Å². The van der Waals surface area contributed by atoms with Gasteiger partial charge in [-0.3, -0.25) is 4.79 Å². The van der Waals surface area contributed by atoms with Gasteiger partial charge in [-0.05, 0) is 32.6 Å². The van der Waals surface area contributed by atoms with Gasteiger partial charge in [0.15, 0.2) is 0 Å². The van der Waals surface area contributed by atoms with Crippen LogP contribution in [0.4, 0.5) is 0 Å². The molecule has 1 saturated carbocycles. The van der Waals surface area contributed by atoms with Crippen molar-refractivity contribution in [3.05, 3.63) is 0 Å². The standard InChI is InChI=1S/C13H22BrNO2/c1-13(8-5-9-17-13)12(16)15(2)11-7-4-3-6-10(11)14/h10-11H,3-9H2,1-2H3. The average Bonchev–Trinajstić information content (AvgIpc) is 2.76. The first-order valence-electron chi connectivity index (χ1n) is 6.60. The minimum Gasteiger partial charge on any atom is -0.365 e. The fraction of sp³-hybridized carbons (Fsp3) is 0.923. The fourth-order valence-electron chi connectivity index (χ4n) is 2.97. The van der Waals surface area contributed by atoms with E-state index in [0.29, 0.717) is 10.9 Å². The largest absolute Gasteiger partial charge is 0.365 e. The molecule has 1 saturated heterocycles. The van der Waals surface area contributed by atoms with Gasteiger partial charge in [0.25, 0.3) is 5.91 Å². The molecule has 0 spiro atoms. The molecule has 3 atom stereocenters. The number of ether oxygens (including phenoxy) is 1. The van der Waals surface area contributed by atoms with Crippen LogP contribution in [0.25, 0.3) is 0 Å². The highest BCUT2D eigenvalue weighted by Crippen LogP contribution is 2.32. The third kappa shape index (κ3) is 2.68. The topological polar surface area (TPSA) is 29.5 Å². The van der Waals surface area contributed by atoms with Crippen molar-refractivity contribution >= 4 is 21.8 Å². The Hall–Kier alpha value is -0.0900. The van der Waals surface area contributed by atoms with E-state index >= 15 is 0 Å². The first kappa shape index (κ1) is 13.3. The molecule has 3 nitrogen and oxygen atoms in total. The Balaban J connectivity index is 2.03. The van der Waals surface area contributed by atoms with Gasteiger partial charge in [0, 0.05) is 24.5 Å². The van der Waals surface area contributed by atoms with E-state index in [-0.39, 0.29) is 5.91 Å². The van der Waals surface area contributed by atoms with Crippen molar-refractivity contribution in [2.45, 2.75) is 61.9 Å². The van der Waals surface area contributed by atoms with Crippen molar-refractivity contribution in [1.82, 2.24) is 4.90 Å². The highest BCUT2D eigenvalue weighted by molar-refractivity contribution is 9.09. The molecule has 0 aromatic carbocycles. The van der Waals surface area contributed by atoms with Crippen molar-refractivity contribution < 1.29 is 9.53 Å². The Labute approximate surface area is 112 Å². The molecule has 98 valence electrons. The average molecular weight is 304 g/mol. The second-order valence-corrected chi connectivity index (χ2v) is 6.64. The lowest BCUT2D eigenvalue weighted by Gasteiger charge is -2.38. The Morgan fingerprint density at radius 1 is 1.35 bits per heavy atom. The van der Waals surface area contributed by atoms with Crippen LogP contribution in [0, 0.1) is 0 Å². The van der Waals surface area contributed by atoms with Gasteiger partial charge < -0.3 is 9.64 Å². The van der Waals surface area contributed by atoms with Crippen LogP contribution in [0.2, 0.25) is 0 Å². The van der Waals surface area contributed by atoms with Crippen LogP contribution in [0.15, 0.2) is 0 Å². The number of halogens is 1. The maximum absolute atomic E-state index is 12.5. The zero-order chi connectivity index (χ0) is 12.5. The molecule has 2 fully saturated rings. The molecular weight excluding hydrogens is 282 g/mol. The lowest BCUT2D eigenvalue weighted by Crippen LogP contribution is -2.52. The van der Waals surface area contributed by atoms with Crippen LogP contribution < -0.4 is 0 Å². The van der Waals surface area contributed by atoms with E-state index in [9.17, 15) is 4.79 Å². The summed E-state index contributed by atoms with van der Waals surface area (Å²) in [6, 6.07) is 0.331. The van der Waals surface area contributed by atoms with Crippen molar-refractivity contribution in [3.63, 3.8) is 0 Å². The van der Waals surface area contributed by atoms with Crippen molar-refractivity contribution in [1.29, 1.82) is 0 Å². The number of nitrogens with zero attached hydrogens (tertiary/aromatic N) is 1. The second-order valence-electron chi connectivity index (χ2n) is 5.47. The van der Waals surface area contributed by atoms with Crippen LogP contribution >= 0.6 is 15.9 Å². The van der Waals surface area contributed by atoms with Crippen LogP contribution in [0.3, 0.4) is 0 Å². The third-order valence-electron chi connectivity index (χ3n) is 4.14. The molecule has 1 aliphatic heterocycles. The molecule has 0 aromatic rings. The zero-order valence-electron chi connectivity index (χ0n) is 10.7. The minimum absolute atomic E-state index is 0.159. The van der Waals surface area contributed by atoms with E-state index < -0.39 is 5.60 Å². The van der Waals surface area contributed by atoms with Crippen molar-refractivity contribution in [3.8, 4) is 0 Å². The predicted molar refractivity (Wildman–Crippen MR) is 71.3 cm³/mol. The van der Waals surface area contributed by atoms with Crippen LogP contribution in [0.5, 0.6) is 0 Å². The number of carbonyl (C=O) groups is 1. The summed E-state index contributed by atoms with van der Waals surface area (Å²) in [5, 5.41) is 0. The number of amides is 1. The minimum atomic E-state index is -0.571. The van der Waals surface area contributed by atoms with E-state index in [1.54, 1.807) is 0 Å². The van der Waals surface area contributed by atoms with Gasteiger partial charge in [-0.15, -0.1) is 0 Å². The maximum Gasteiger partial charge on any atom is 0.254 e. The quantitative estimate of drug-likeness (QED) is 0.734. The molecule has 0 bridgehead atoms. The monoisotopic (exact) mass is 303 g/mol. The molecule has 1 heterocycles. The van der Waals surface area contributed by atoms with Gasteiger partial charge in [-0.25, -0.2) is 0 Å². The Bertz CT molecular complexity index is 289. The summed E-state index contributed by atoms with van der Waals surface area (Å²) in [6.45, 7) is 2.66. The summed E-state index contributed by atoms with van der Waals surface area (Å²) in [7, 11) is 1.93. The number of rotatable bonds is 2. The molecule has 1 aliphatic carbocycles. The predicted octanol–water partition coefficient (Wildman–Crippen LogP) is 2.72. The molecule has 2 aliphatic rings. The Morgan fingerprint density at radius 3 is 2.65 bits per heavy atom. The number of likely N-dealkylation sites (N-methyl/N-ethyl adjacent to an activating group) is 1. The molecule has 17 heavy (non-hydrogen) atoms. The van der Waals surface area contributed by atoms with E-state index in [1.807, 2.05) is 18.9 Å². The number of hydrogen-bond donors (Lipinski definition) is 0. The summed E-state index contributed by atoms with van der Waals surface area (Å²) < 4.78 is 5.64. The van der Waals surface area contributed by atoms with Crippen molar-refractivity contribution in [2.24, 2.45) is 0 Å². The Morgan fingerprint density at radius 2 is 2.06 bits per heavy atom. The Kier molecular flexibility index (Phi) is 4.14. The van der Waals surface area contributed by atoms with Gasteiger partial charge in [0.05, 0.1) is 0 Å². The van der Waals surface area contributed by atoms with E-state index in [4.69, 9.17) is 4.74 Å².